The van der Waals surface area contributed by atoms with E-state index in [9.17, 15) is 14.9 Å². The van der Waals surface area contributed by atoms with Crippen molar-refractivity contribution in [2.45, 2.75) is 0 Å². The minimum Gasteiger partial charge on any atom is -0.484 e. The lowest BCUT2D eigenvalue weighted by Crippen LogP contribution is -2.20. The van der Waals surface area contributed by atoms with Crippen molar-refractivity contribution in [1.29, 1.82) is 0 Å². The van der Waals surface area contributed by atoms with Crippen LogP contribution in [-0.2, 0) is 4.79 Å². The summed E-state index contributed by atoms with van der Waals surface area (Å²) in [6.45, 7) is -0.224. The minimum atomic E-state index is -0.494. The average molecular weight is 431 g/mol. The molecule has 31 heavy (non-hydrogen) atoms. The number of ether oxygens (including phenoxy) is 1. The molecule has 0 fully saturated rings. The third-order valence-corrected chi connectivity index (χ3v) is 5.21. The van der Waals surface area contributed by atoms with Gasteiger partial charge in [-0.15, -0.1) is 11.3 Å². The van der Waals surface area contributed by atoms with Crippen LogP contribution in [0.3, 0.4) is 0 Å². The molecule has 1 amide bonds. The maximum atomic E-state index is 12.1. The summed E-state index contributed by atoms with van der Waals surface area (Å²) >= 11 is 1.33. The second kappa shape index (κ2) is 9.19. The van der Waals surface area contributed by atoms with Gasteiger partial charge in [0.15, 0.2) is 11.7 Å². The summed E-state index contributed by atoms with van der Waals surface area (Å²) in [4.78, 5) is 26.8. The van der Waals surface area contributed by atoms with Gasteiger partial charge in [-0.25, -0.2) is 4.98 Å². The number of carbonyl (C=O) groups excluding carboxylic acids is 1. The van der Waals surface area contributed by atoms with Crippen molar-refractivity contribution < 1.29 is 14.5 Å². The largest absolute Gasteiger partial charge is 0.484 e. The summed E-state index contributed by atoms with van der Waals surface area (Å²) in [5.41, 5.74) is 3.96. The van der Waals surface area contributed by atoms with Gasteiger partial charge in [-0.3, -0.25) is 20.2 Å². The van der Waals surface area contributed by atoms with Gasteiger partial charge in [0.25, 0.3) is 11.6 Å². The van der Waals surface area contributed by atoms with Crippen LogP contribution in [-0.4, -0.2) is 22.4 Å². The number of anilines is 1. The number of amides is 1. The molecular weight excluding hydrogens is 414 g/mol. The standard InChI is InChI=1S/C23H17N3O4S/c27-22(14-30-20-12-10-19(11-13-20)26(28)29)25-23-24-21(15-31-23)18-8-6-17(7-9-18)16-4-2-1-3-5-16/h1-13,15H,14H2,(H,24,25,27). The second-order valence-corrected chi connectivity index (χ2v) is 7.43. The maximum Gasteiger partial charge on any atom is 0.269 e. The molecule has 0 spiro atoms. The van der Waals surface area contributed by atoms with E-state index in [1.165, 1.54) is 35.6 Å². The molecule has 0 unspecified atom stereocenters. The Kier molecular flexibility index (Phi) is 6.00. The first-order valence-corrected chi connectivity index (χ1v) is 10.2. The van der Waals surface area contributed by atoms with Gasteiger partial charge in [0.1, 0.15) is 5.75 Å². The van der Waals surface area contributed by atoms with Gasteiger partial charge in [-0.2, -0.15) is 0 Å². The van der Waals surface area contributed by atoms with E-state index in [1.54, 1.807) is 0 Å². The van der Waals surface area contributed by atoms with Gasteiger partial charge < -0.3 is 4.74 Å². The number of hydrogen-bond acceptors (Lipinski definition) is 6. The molecule has 154 valence electrons. The number of hydrogen-bond donors (Lipinski definition) is 1. The van der Waals surface area contributed by atoms with Gasteiger partial charge in [0, 0.05) is 23.1 Å². The molecule has 7 nitrogen and oxygen atoms in total. The van der Waals surface area contributed by atoms with Crippen molar-refractivity contribution in [3.63, 3.8) is 0 Å². The van der Waals surface area contributed by atoms with E-state index in [0.717, 1.165) is 22.4 Å². The molecule has 0 atom stereocenters. The second-order valence-electron chi connectivity index (χ2n) is 6.57. The number of rotatable bonds is 7. The van der Waals surface area contributed by atoms with Crippen LogP contribution in [0.15, 0.2) is 84.2 Å². The lowest BCUT2D eigenvalue weighted by Gasteiger charge is -2.05. The van der Waals surface area contributed by atoms with Crippen LogP contribution in [0, 0.1) is 10.1 Å². The van der Waals surface area contributed by atoms with Crippen LogP contribution < -0.4 is 10.1 Å². The molecule has 0 radical (unpaired) electrons. The number of thiazole rings is 1. The molecule has 0 saturated heterocycles. The summed E-state index contributed by atoms with van der Waals surface area (Å²) in [5, 5.41) is 15.7. The summed E-state index contributed by atoms with van der Waals surface area (Å²) in [7, 11) is 0. The van der Waals surface area contributed by atoms with Crippen LogP contribution in [0.4, 0.5) is 10.8 Å². The molecule has 4 aromatic rings. The van der Waals surface area contributed by atoms with Crippen LogP contribution in [0.25, 0.3) is 22.4 Å². The predicted molar refractivity (Wildman–Crippen MR) is 120 cm³/mol. The highest BCUT2D eigenvalue weighted by Crippen LogP contribution is 2.27. The SMILES string of the molecule is O=C(COc1ccc([N+](=O)[O-])cc1)Nc1nc(-c2ccc(-c3ccccc3)cc2)cs1. The Balaban J connectivity index is 1.34. The number of nitro groups is 1. The van der Waals surface area contributed by atoms with Crippen LogP contribution in [0.1, 0.15) is 0 Å². The normalized spacial score (nSPS) is 10.5. The van der Waals surface area contributed by atoms with Gasteiger partial charge in [0.05, 0.1) is 10.6 Å². The molecule has 0 aliphatic rings. The summed E-state index contributed by atoms with van der Waals surface area (Å²) in [6, 6.07) is 23.7. The summed E-state index contributed by atoms with van der Waals surface area (Å²) in [5.74, 6) is 0.0118. The van der Waals surface area contributed by atoms with Crippen LogP contribution in [0.2, 0.25) is 0 Å². The fraction of sp³-hybridized carbons (Fsp3) is 0.0435. The van der Waals surface area contributed by atoms with E-state index >= 15 is 0 Å². The molecule has 8 heteroatoms. The van der Waals surface area contributed by atoms with Crippen molar-refractivity contribution in [1.82, 2.24) is 4.98 Å². The highest BCUT2D eigenvalue weighted by molar-refractivity contribution is 7.14. The molecular formula is C23H17N3O4S. The van der Waals surface area contributed by atoms with Crippen molar-refractivity contribution >= 4 is 28.1 Å². The number of nitrogens with zero attached hydrogens (tertiary/aromatic N) is 2. The predicted octanol–water partition coefficient (Wildman–Crippen LogP) is 5.40. The minimum absolute atomic E-state index is 0.0380. The quantitative estimate of drug-likeness (QED) is 0.312. The number of nitrogens with one attached hydrogen (secondary N) is 1. The zero-order chi connectivity index (χ0) is 21.6. The first kappa shape index (κ1) is 20.2. The third-order valence-electron chi connectivity index (χ3n) is 4.46. The summed E-state index contributed by atoms with van der Waals surface area (Å²) in [6.07, 6.45) is 0. The number of carbonyl (C=O) groups is 1. The first-order valence-electron chi connectivity index (χ1n) is 9.37. The van der Waals surface area contributed by atoms with Crippen LogP contribution in [0.5, 0.6) is 5.75 Å². The number of benzene rings is 3. The third kappa shape index (κ3) is 5.12. The van der Waals surface area contributed by atoms with Crippen molar-refractivity contribution in [2.24, 2.45) is 0 Å². The molecule has 3 aromatic carbocycles. The van der Waals surface area contributed by atoms with E-state index in [-0.39, 0.29) is 18.2 Å². The van der Waals surface area contributed by atoms with Gasteiger partial charge in [-0.1, -0.05) is 54.6 Å². The van der Waals surface area contributed by atoms with Gasteiger partial charge >= 0.3 is 0 Å². The Bertz CT molecular complexity index is 1190. The topological polar surface area (TPSA) is 94.4 Å². The average Bonchev–Trinajstić information content (AvgIpc) is 3.27. The molecule has 0 saturated carbocycles. The molecule has 1 N–H and O–H groups in total. The van der Waals surface area contributed by atoms with Crippen molar-refractivity contribution in [3.05, 3.63) is 94.4 Å². The molecule has 1 aromatic heterocycles. The monoisotopic (exact) mass is 431 g/mol. The number of non-ortho nitro benzene ring substituents is 1. The van der Waals surface area contributed by atoms with Gasteiger partial charge in [0.2, 0.25) is 0 Å². The highest BCUT2D eigenvalue weighted by atomic mass is 32.1. The van der Waals surface area contributed by atoms with Crippen molar-refractivity contribution in [2.75, 3.05) is 11.9 Å². The first-order chi connectivity index (χ1) is 15.1. The maximum absolute atomic E-state index is 12.1. The zero-order valence-corrected chi connectivity index (χ0v) is 17.0. The molecule has 1 heterocycles. The van der Waals surface area contributed by atoms with Crippen LogP contribution >= 0.6 is 11.3 Å². The summed E-state index contributed by atoms with van der Waals surface area (Å²) < 4.78 is 5.36. The molecule has 0 aliphatic carbocycles. The highest BCUT2D eigenvalue weighted by Gasteiger charge is 2.10. The fourth-order valence-electron chi connectivity index (χ4n) is 2.90. The Morgan fingerprint density at radius 3 is 2.26 bits per heavy atom. The fourth-order valence-corrected chi connectivity index (χ4v) is 3.63. The van der Waals surface area contributed by atoms with E-state index in [1.807, 2.05) is 47.8 Å². The lowest BCUT2D eigenvalue weighted by atomic mass is 10.0. The Morgan fingerprint density at radius 1 is 0.935 bits per heavy atom. The Morgan fingerprint density at radius 2 is 1.58 bits per heavy atom. The Hall–Kier alpha value is -4.04. The van der Waals surface area contributed by atoms with E-state index < -0.39 is 4.92 Å². The zero-order valence-electron chi connectivity index (χ0n) is 16.2. The molecule has 0 bridgehead atoms. The van der Waals surface area contributed by atoms with E-state index in [0.29, 0.717) is 10.9 Å². The molecule has 0 aliphatic heterocycles. The van der Waals surface area contributed by atoms with E-state index in [4.69, 9.17) is 4.74 Å². The van der Waals surface area contributed by atoms with E-state index in [2.05, 4.69) is 22.4 Å². The number of nitro benzene ring substituents is 1. The molecule has 4 rings (SSSR count). The smallest absolute Gasteiger partial charge is 0.269 e. The number of aromatic nitrogens is 1. The lowest BCUT2D eigenvalue weighted by molar-refractivity contribution is -0.384. The van der Waals surface area contributed by atoms with Crippen molar-refractivity contribution in [3.8, 4) is 28.1 Å². The van der Waals surface area contributed by atoms with Gasteiger partial charge in [-0.05, 0) is 23.3 Å². The Labute approximate surface area is 182 Å².